The fourth-order valence-corrected chi connectivity index (χ4v) is 4.77. The van der Waals surface area contributed by atoms with E-state index in [9.17, 15) is 4.79 Å². The fraction of sp³-hybridized carbons (Fsp3) is 0.286. The lowest BCUT2D eigenvalue weighted by Crippen LogP contribution is -2.27. The number of carbonyl (C=O) groups is 1. The van der Waals surface area contributed by atoms with E-state index in [-0.39, 0.29) is 5.91 Å². The summed E-state index contributed by atoms with van der Waals surface area (Å²) < 4.78 is 7.65. The third kappa shape index (κ3) is 2.82. The quantitative estimate of drug-likeness (QED) is 0.522. The zero-order valence-corrected chi connectivity index (χ0v) is 16.6. The Morgan fingerprint density at radius 2 is 2.18 bits per heavy atom. The highest BCUT2D eigenvalue weighted by molar-refractivity contribution is 7.16. The minimum absolute atomic E-state index is 0.0364. The predicted molar refractivity (Wildman–Crippen MR) is 110 cm³/mol. The number of aryl methyl sites for hydroxylation is 4. The van der Waals surface area contributed by atoms with Crippen molar-refractivity contribution in [1.82, 2.24) is 14.8 Å². The Labute approximate surface area is 166 Å². The molecule has 1 aliphatic rings. The molecule has 1 aliphatic carbocycles. The molecular formula is C21H20N4O2S. The Balaban J connectivity index is 1.33. The first-order valence-electron chi connectivity index (χ1n) is 9.36. The van der Waals surface area contributed by atoms with Crippen LogP contribution in [0.25, 0.3) is 22.2 Å². The molecule has 6 nitrogen and oxygen atoms in total. The Kier molecular flexibility index (Phi) is 4.05. The number of anilines is 1. The maximum absolute atomic E-state index is 12.8. The van der Waals surface area contributed by atoms with Crippen LogP contribution in [0.15, 0.2) is 40.9 Å². The number of benzene rings is 1. The van der Waals surface area contributed by atoms with Gasteiger partial charge in [-0.1, -0.05) is 18.2 Å². The van der Waals surface area contributed by atoms with Crippen molar-refractivity contribution in [2.75, 3.05) is 11.9 Å². The van der Waals surface area contributed by atoms with Crippen molar-refractivity contribution >= 4 is 33.3 Å². The van der Waals surface area contributed by atoms with Gasteiger partial charge in [0.05, 0.1) is 24.0 Å². The maximum atomic E-state index is 12.8. The number of para-hydroxylation sites is 1. The van der Waals surface area contributed by atoms with Gasteiger partial charge in [0.1, 0.15) is 11.5 Å². The summed E-state index contributed by atoms with van der Waals surface area (Å²) in [6, 6.07) is 10.1. The van der Waals surface area contributed by atoms with E-state index < -0.39 is 0 Å². The van der Waals surface area contributed by atoms with Crippen LogP contribution in [0.3, 0.4) is 0 Å². The molecule has 0 N–H and O–H groups in total. The normalized spacial score (nSPS) is 12.8. The summed E-state index contributed by atoms with van der Waals surface area (Å²) in [6.45, 7) is 2.51. The smallest absolute Gasteiger partial charge is 0.230 e. The van der Waals surface area contributed by atoms with Crippen molar-refractivity contribution in [2.45, 2.75) is 32.7 Å². The van der Waals surface area contributed by atoms with Crippen LogP contribution in [0.2, 0.25) is 0 Å². The van der Waals surface area contributed by atoms with E-state index in [0.717, 1.165) is 51.7 Å². The predicted octanol–water partition coefficient (Wildman–Crippen LogP) is 4.21. The van der Waals surface area contributed by atoms with Gasteiger partial charge in [0.2, 0.25) is 5.91 Å². The third-order valence-corrected chi connectivity index (χ3v) is 6.39. The summed E-state index contributed by atoms with van der Waals surface area (Å²) in [6.07, 6.45) is 4.02. The molecule has 1 aromatic carbocycles. The maximum Gasteiger partial charge on any atom is 0.230 e. The average Bonchev–Trinajstić information content (AvgIpc) is 3.40. The minimum Gasteiger partial charge on any atom is -0.466 e. The summed E-state index contributed by atoms with van der Waals surface area (Å²) >= 11 is 1.60. The van der Waals surface area contributed by atoms with E-state index in [0.29, 0.717) is 13.0 Å². The largest absolute Gasteiger partial charge is 0.466 e. The Hall–Kier alpha value is -2.93. The summed E-state index contributed by atoms with van der Waals surface area (Å²) in [5.74, 6) is 1.94. The number of rotatable bonds is 4. The molecule has 0 unspecified atom stereocenters. The lowest BCUT2D eigenvalue weighted by atomic mass is 10.0. The molecule has 3 aromatic heterocycles. The molecule has 0 saturated heterocycles. The second-order valence-corrected chi connectivity index (χ2v) is 8.15. The van der Waals surface area contributed by atoms with Crippen molar-refractivity contribution in [1.29, 1.82) is 0 Å². The van der Waals surface area contributed by atoms with Gasteiger partial charge >= 0.3 is 0 Å². The van der Waals surface area contributed by atoms with E-state index >= 15 is 0 Å². The molecule has 0 aliphatic heterocycles. The molecule has 3 heterocycles. The van der Waals surface area contributed by atoms with Gasteiger partial charge in [-0.05, 0) is 25.5 Å². The zero-order chi connectivity index (χ0) is 19.3. The standard InChI is InChI=1S/C21H20N4O2S/c1-13-11-15-17(27-13)7-8-18-20(15)23-21(28-18)24(2)19(26)9-10-25-16-6-4-3-5-14(16)12-22-25/h3-6,11-12H,7-10H2,1-2H3. The summed E-state index contributed by atoms with van der Waals surface area (Å²) in [5, 5.41) is 6.23. The van der Waals surface area contributed by atoms with E-state index in [1.165, 1.54) is 4.88 Å². The van der Waals surface area contributed by atoms with Crippen LogP contribution in [0, 0.1) is 6.92 Å². The molecule has 0 radical (unpaired) electrons. The van der Waals surface area contributed by atoms with Crippen LogP contribution in [-0.4, -0.2) is 27.7 Å². The number of carbonyl (C=O) groups excluding carboxylic acids is 1. The number of furan rings is 1. The number of hydrogen-bond donors (Lipinski definition) is 0. The molecule has 5 rings (SSSR count). The molecule has 4 aromatic rings. The van der Waals surface area contributed by atoms with Crippen LogP contribution >= 0.6 is 11.3 Å². The van der Waals surface area contributed by atoms with Gasteiger partial charge in [0, 0.05) is 35.7 Å². The molecule has 142 valence electrons. The third-order valence-electron chi connectivity index (χ3n) is 5.20. The Bertz CT molecular complexity index is 1190. The van der Waals surface area contributed by atoms with Crippen molar-refractivity contribution in [3.63, 3.8) is 0 Å². The molecule has 0 atom stereocenters. The molecule has 0 fully saturated rings. The van der Waals surface area contributed by atoms with Crippen molar-refractivity contribution in [2.24, 2.45) is 0 Å². The van der Waals surface area contributed by atoms with Gasteiger partial charge in [0.15, 0.2) is 5.13 Å². The van der Waals surface area contributed by atoms with Gasteiger partial charge in [-0.3, -0.25) is 14.4 Å². The Morgan fingerprint density at radius 1 is 1.32 bits per heavy atom. The molecule has 0 bridgehead atoms. The highest BCUT2D eigenvalue weighted by Gasteiger charge is 2.26. The van der Waals surface area contributed by atoms with Gasteiger partial charge in [-0.2, -0.15) is 5.10 Å². The number of fused-ring (bicyclic) bond motifs is 4. The average molecular weight is 392 g/mol. The highest BCUT2D eigenvalue weighted by Crippen LogP contribution is 2.40. The van der Waals surface area contributed by atoms with Gasteiger partial charge in [0.25, 0.3) is 0 Å². The lowest BCUT2D eigenvalue weighted by molar-refractivity contribution is -0.118. The van der Waals surface area contributed by atoms with Crippen LogP contribution in [0.4, 0.5) is 5.13 Å². The summed E-state index contributed by atoms with van der Waals surface area (Å²) in [7, 11) is 1.80. The molecular weight excluding hydrogens is 372 g/mol. The first-order chi connectivity index (χ1) is 13.6. The molecule has 1 amide bonds. The van der Waals surface area contributed by atoms with E-state index in [1.807, 2.05) is 48.1 Å². The number of aromatic nitrogens is 3. The van der Waals surface area contributed by atoms with Crippen LogP contribution in [-0.2, 0) is 24.2 Å². The summed E-state index contributed by atoms with van der Waals surface area (Å²) in [5.41, 5.74) is 3.09. The summed E-state index contributed by atoms with van der Waals surface area (Å²) in [4.78, 5) is 20.4. The van der Waals surface area contributed by atoms with E-state index in [4.69, 9.17) is 9.40 Å². The first-order valence-corrected chi connectivity index (χ1v) is 10.2. The van der Waals surface area contributed by atoms with Crippen molar-refractivity contribution in [3.8, 4) is 11.3 Å². The number of thiazole rings is 1. The minimum atomic E-state index is 0.0364. The number of hydrogen-bond acceptors (Lipinski definition) is 5. The van der Waals surface area contributed by atoms with Gasteiger partial charge in [-0.15, -0.1) is 11.3 Å². The molecule has 0 saturated carbocycles. The highest BCUT2D eigenvalue weighted by atomic mass is 32.1. The van der Waals surface area contributed by atoms with E-state index in [1.54, 1.807) is 23.3 Å². The van der Waals surface area contributed by atoms with Crippen molar-refractivity contribution in [3.05, 3.63) is 52.9 Å². The topological polar surface area (TPSA) is 64.2 Å². The second kappa shape index (κ2) is 6.60. The SMILES string of the molecule is Cc1cc2c(o1)CCc1sc(N(C)C(=O)CCn3ncc4ccccc43)nc1-2. The van der Waals surface area contributed by atoms with Crippen LogP contribution < -0.4 is 4.90 Å². The van der Waals surface area contributed by atoms with Gasteiger partial charge < -0.3 is 4.42 Å². The Morgan fingerprint density at radius 3 is 3.07 bits per heavy atom. The van der Waals surface area contributed by atoms with Crippen molar-refractivity contribution < 1.29 is 9.21 Å². The molecule has 28 heavy (non-hydrogen) atoms. The lowest BCUT2D eigenvalue weighted by Gasteiger charge is -2.13. The van der Waals surface area contributed by atoms with Gasteiger partial charge in [-0.25, -0.2) is 4.98 Å². The monoisotopic (exact) mass is 392 g/mol. The second-order valence-electron chi connectivity index (χ2n) is 7.09. The van der Waals surface area contributed by atoms with Crippen LogP contribution in [0.1, 0.15) is 22.8 Å². The fourth-order valence-electron chi connectivity index (χ4n) is 3.72. The van der Waals surface area contributed by atoms with E-state index in [2.05, 4.69) is 5.10 Å². The number of nitrogens with zero attached hydrogens (tertiary/aromatic N) is 4. The number of amides is 1. The van der Waals surface area contributed by atoms with Crippen LogP contribution in [0.5, 0.6) is 0 Å². The first kappa shape index (κ1) is 17.2. The molecule has 7 heteroatoms. The zero-order valence-electron chi connectivity index (χ0n) is 15.8. The molecule has 0 spiro atoms.